The van der Waals surface area contributed by atoms with Crippen molar-refractivity contribution in [2.45, 2.75) is 6.92 Å². The van der Waals surface area contributed by atoms with Crippen LogP contribution < -0.4 is 0 Å². The highest BCUT2D eigenvalue weighted by Gasteiger charge is 2.13. The van der Waals surface area contributed by atoms with E-state index in [-0.39, 0.29) is 0 Å². The maximum absolute atomic E-state index is 9.40. The Hall–Kier alpha value is -2.35. The van der Waals surface area contributed by atoms with Gasteiger partial charge in [-0.1, -0.05) is 29.3 Å². The molecule has 3 aromatic rings. The second-order valence-corrected chi connectivity index (χ2v) is 5.59. The summed E-state index contributed by atoms with van der Waals surface area (Å²) >= 11 is 12.0. The molecule has 0 bridgehead atoms. The minimum absolute atomic E-state index is 0.345. The molecule has 0 aliphatic carbocycles. The average Bonchev–Trinajstić information content (AvgIpc) is 2.94. The van der Waals surface area contributed by atoms with Crippen LogP contribution >= 0.6 is 23.2 Å². The monoisotopic (exact) mass is 328 g/mol. The number of nitrogens with zero attached hydrogens (tertiary/aromatic N) is 4. The third kappa shape index (κ3) is 2.69. The van der Waals surface area contributed by atoms with Crippen LogP contribution in [0.3, 0.4) is 0 Å². The highest BCUT2D eigenvalue weighted by molar-refractivity contribution is 6.31. The fourth-order valence-corrected chi connectivity index (χ4v) is 2.55. The van der Waals surface area contributed by atoms with E-state index < -0.39 is 0 Å². The number of benzene rings is 1. The molecule has 2 heterocycles. The Kier molecular flexibility index (Phi) is 3.84. The predicted molar refractivity (Wildman–Crippen MR) is 86.3 cm³/mol. The van der Waals surface area contributed by atoms with Gasteiger partial charge in [-0.3, -0.25) is 0 Å². The van der Waals surface area contributed by atoms with E-state index in [1.54, 1.807) is 16.8 Å². The first-order valence-electron chi connectivity index (χ1n) is 6.45. The van der Waals surface area contributed by atoms with E-state index in [1.807, 2.05) is 31.3 Å². The van der Waals surface area contributed by atoms with Gasteiger partial charge < -0.3 is 4.57 Å². The lowest BCUT2D eigenvalue weighted by molar-refractivity contribution is 0.982. The molecule has 2 aromatic heterocycles. The largest absolute Gasteiger partial charge is 0.306 e. The Labute approximate surface area is 137 Å². The second kappa shape index (κ2) is 5.80. The molecule has 0 aliphatic heterocycles. The van der Waals surface area contributed by atoms with Gasteiger partial charge in [-0.15, -0.1) is 0 Å². The molecule has 0 saturated carbocycles. The van der Waals surface area contributed by atoms with E-state index in [1.165, 1.54) is 6.33 Å². The van der Waals surface area contributed by atoms with Gasteiger partial charge in [-0.2, -0.15) is 5.26 Å². The summed E-state index contributed by atoms with van der Waals surface area (Å²) in [5, 5.41) is 10.4. The number of hydrogen-bond acceptors (Lipinski definition) is 3. The van der Waals surface area contributed by atoms with Gasteiger partial charge in [0, 0.05) is 29.0 Å². The van der Waals surface area contributed by atoms with Crippen molar-refractivity contribution in [3.05, 3.63) is 64.3 Å². The summed E-state index contributed by atoms with van der Waals surface area (Å²) in [6.07, 6.45) is 4.94. The summed E-state index contributed by atoms with van der Waals surface area (Å²) in [7, 11) is 0. The zero-order valence-corrected chi connectivity index (χ0v) is 13.1. The van der Waals surface area contributed by atoms with E-state index in [4.69, 9.17) is 23.2 Å². The zero-order chi connectivity index (χ0) is 15.7. The Balaban J connectivity index is 2.18. The molecule has 1 aromatic carbocycles. The van der Waals surface area contributed by atoms with Crippen molar-refractivity contribution in [3.8, 4) is 23.0 Å². The molecular weight excluding hydrogens is 319 g/mol. The lowest BCUT2D eigenvalue weighted by Gasteiger charge is -2.05. The Morgan fingerprint density at radius 1 is 1.09 bits per heavy atom. The van der Waals surface area contributed by atoms with Crippen LogP contribution in [0.5, 0.6) is 0 Å². The van der Waals surface area contributed by atoms with Crippen molar-refractivity contribution < 1.29 is 0 Å². The summed E-state index contributed by atoms with van der Waals surface area (Å²) in [6, 6.07) is 9.45. The molecule has 0 radical (unpaired) electrons. The van der Waals surface area contributed by atoms with Crippen LogP contribution in [0.1, 0.15) is 11.1 Å². The van der Waals surface area contributed by atoms with Gasteiger partial charge in [0.25, 0.3) is 0 Å². The first kappa shape index (κ1) is 14.6. The van der Waals surface area contributed by atoms with Crippen LogP contribution in [0.15, 0.2) is 43.0 Å². The highest BCUT2D eigenvalue weighted by atomic mass is 35.5. The number of halogens is 2. The van der Waals surface area contributed by atoms with Gasteiger partial charge in [-0.05, 0) is 30.2 Å². The number of nitriles is 1. The van der Waals surface area contributed by atoms with Gasteiger partial charge in [0.15, 0.2) is 0 Å². The third-order valence-electron chi connectivity index (χ3n) is 3.32. The molecule has 0 atom stereocenters. The van der Waals surface area contributed by atoms with E-state index in [9.17, 15) is 5.26 Å². The van der Waals surface area contributed by atoms with Crippen LogP contribution in [0.2, 0.25) is 10.2 Å². The van der Waals surface area contributed by atoms with Gasteiger partial charge in [0.1, 0.15) is 23.4 Å². The first-order chi connectivity index (χ1) is 10.6. The van der Waals surface area contributed by atoms with Gasteiger partial charge in [-0.25, -0.2) is 9.97 Å². The summed E-state index contributed by atoms with van der Waals surface area (Å²) < 4.78 is 1.75. The third-order valence-corrected chi connectivity index (χ3v) is 3.76. The summed E-state index contributed by atoms with van der Waals surface area (Å²) in [5.74, 6) is 0.599. The van der Waals surface area contributed by atoms with E-state index in [0.717, 1.165) is 16.7 Å². The van der Waals surface area contributed by atoms with Crippen LogP contribution in [-0.2, 0) is 0 Å². The molecule has 4 nitrogen and oxygen atoms in total. The molecule has 6 heteroatoms. The van der Waals surface area contributed by atoms with Crippen molar-refractivity contribution in [2.75, 3.05) is 0 Å². The number of hydrogen-bond donors (Lipinski definition) is 0. The smallest absolute Gasteiger partial charge is 0.141 e. The minimum Gasteiger partial charge on any atom is -0.306 e. The van der Waals surface area contributed by atoms with E-state index >= 15 is 0 Å². The Morgan fingerprint density at radius 2 is 1.91 bits per heavy atom. The number of aryl methyl sites for hydroxylation is 1. The topological polar surface area (TPSA) is 54.5 Å². The van der Waals surface area contributed by atoms with Crippen LogP contribution in [0.4, 0.5) is 0 Å². The normalized spacial score (nSPS) is 10.5. The van der Waals surface area contributed by atoms with Gasteiger partial charge in [0.05, 0.1) is 5.56 Å². The Morgan fingerprint density at radius 3 is 2.64 bits per heavy atom. The molecule has 0 unspecified atom stereocenters. The predicted octanol–water partition coefficient (Wildman–Crippen LogP) is 4.42. The molecule has 108 valence electrons. The maximum atomic E-state index is 9.40. The number of aromatic nitrogens is 3. The van der Waals surface area contributed by atoms with Crippen LogP contribution in [-0.4, -0.2) is 14.5 Å². The fraction of sp³-hybridized carbons (Fsp3) is 0.0625. The molecule has 0 spiro atoms. The van der Waals surface area contributed by atoms with Crippen molar-refractivity contribution in [1.29, 1.82) is 5.26 Å². The van der Waals surface area contributed by atoms with E-state index in [0.29, 0.717) is 21.6 Å². The molecule has 3 rings (SSSR count). The van der Waals surface area contributed by atoms with Gasteiger partial charge >= 0.3 is 0 Å². The molecule has 0 saturated heterocycles. The minimum atomic E-state index is 0.345. The summed E-state index contributed by atoms with van der Waals surface area (Å²) in [4.78, 5) is 8.02. The van der Waals surface area contributed by atoms with Crippen molar-refractivity contribution in [1.82, 2.24) is 14.5 Å². The van der Waals surface area contributed by atoms with Crippen molar-refractivity contribution in [2.24, 2.45) is 0 Å². The molecule has 0 fully saturated rings. The SMILES string of the molecule is Cc1ccc(Cl)cc1-c1cn(-c2cc(Cl)ncn2)cc1C#N. The van der Waals surface area contributed by atoms with E-state index in [2.05, 4.69) is 16.0 Å². The standard InChI is InChI=1S/C16H10Cl2N4/c1-10-2-3-12(17)4-13(10)14-8-22(7-11(14)6-19)16-5-15(18)20-9-21-16/h2-5,7-9H,1H3. The summed E-state index contributed by atoms with van der Waals surface area (Å²) in [5.41, 5.74) is 3.31. The Bertz CT molecular complexity index is 893. The summed E-state index contributed by atoms with van der Waals surface area (Å²) in [6.45, 7) is 1.98. The lowest BCUT2D eigenvalue weighted by Crippen LogP contribution is -1.94. The second-order valence-electron chi connectivity index (χ2n) is 4.76. The quantitative estimate of drug-likeness (QED) is 0.654. The average molecular weight is 329 g/mol. The fourth-order valence-electron chi connectivity index (χ4n) is 2.24. The highest BCUT2D eigenvalue weighted by Crippen LogP contribution is 2.30. The number of rotatable bonds is 2. The van der Waals surface area contributed by atoms with Crippen molar-refractivity contribution >= 4 is 23.2 Å². The van der Waals surface area contributed by atoms with Crippen LogP contribution in [0, 0.1) is 18.3 Å². The molecule has 22 heavy (non-hydrogen) atoms. The molecule has 0 aliphatic rings. The first-order valence-corrected chi connectivity index (χ1v) is 7.20. The molecular formula is C16H10Cl2N4. The maximum Gasteiger partial charge on any atom is 0.141 e. The lowest BCUT2D eigenvalue weighted by atomic mass is 10.0. The molecule has 0 N–H and O–H groups in total. The van der Waals surface area contributed by atoms with Crippen molar-refractivity contribution in [3.63, 3.8) is 0 Å². The van der Waals surface area contributed by atoms with Gasteiger partial charge in [0.2, 0.25) is 0 Å². The van der Waals surface area contributed by atoms with Crippen LogP contribution in [0.25, 0.3) is 16.9 Å². The molecule has 0 amide bonds. The zero-order valence-electron chi connectivity index (χ0n) is 11.6.